The number of nitrogens with zero attached hydrogens (tertiary/aromatic N) is 3. The molecule has 0 N–H and O–H groups in total. The molecule has 4 heteroatoms. The van der Waals surface area contributed by atoms with E-state index in [2.05, 4.69) is 150 Å². The molecule has 4 nitrogen and oxygen atoms in total. The molecule has 0 bridgehead atoms. The van der Waals surface area contributed by atoms with Gasteiger partial charge in [-0.15, -0.1) is 0 Å². The van der Waals surface area contributed by atoms with Gasteiger partial charge in [0.2, 0.25) is 0 Å². The summed E-state index contributed by atoms with van der Waals surface area (Å²) in [5.74, 6) is 0.689. The molecule has 0 spiro atoms. The van der Waals surface area contributed by atoms with E-state index in [-0.39, 0.29) is 0 Å². The largest absolute Gasteiger partial charge is 0.456 e. The van der Waals surface area contributed by atoms with Gasteiger partial charge in [-0.2, -0.15) is 0 Å². The highest BCUT2D eigenvalue weighted by molar-refractivity contribution is 6.24. The summed E-state index contributed by atoms with van der Waals surface area (Å²) in [6.07, 6.45) is 2.81. The maximum atomic E-state index is 6.71. The van der Waals surface area contributed by atoms with Gasteiger partial charge in [0.25, 0.3) is 0 Å². The second-order valence-electron chi connectivity index (χ2n) is 13.8. The van der Waals surface area contributed by atoms with Crippen LogP contribution in [0.2, 0.25) is 0 Å². The number of furan rings is 1. The molecule has 11 rings (SSSR count). The molecule has 2 aromatic heterocycles. The van der Waals surface area contributed by atoms with E-state index >= 15 is 0 Å². The Morgan fingerprint density at radius 2 is 1.04 bits per heavy atom. The summed E-state index contributed by atoms with van der Waals surface area (Å²) < 4.78 is 9.12. The zero-order chi connectivity index (χ0) is 34.9. The van der Waals surface area contributed by atoms with E-state index < -0.39 is 0 Å². The molecule has 0 unspecified atom stereocenters. The lowest BCUT2D eigenvalue weighted by Crippen LogP contribution is -2.07. The van der Waals surface area contributed by atoms with Gasteiger partial charge in [-0.1, -0.05) is 133 Å². The predicted molar refractivity (Wildman–Crippen MR) is 222 cm³/mol. The smallest absolute Gasteiger partial charge is 0.160 e. The Bertz CT molecular complexity index is 3090. The van der Waals surface area contributed by atoms with Gasteiger partial charge in [-0.05, 0) is 63.5 Å². The number of rotatable bonds is 4. The summed E-state index contributed by atoms with van der Waals surface area (Å²) in [4.78, 5) is 10.6. The van der Waals surface area contributed by atoms with Crippen LogP contribution in [-0.4, -0.2) is 16.1 Å². The van der Waals surface area contributed by atoms with Crippen LogP contribution in [0.5, 0.6) is 0 Å². The fourth-order valence-electron chi connectivity index (χ4n) is 8.09. The van der Waals surface area contributed by atoms with E-state index in [1.165, 1.54) is 32.3 Å². The first-order chi connectivity index (χ1) is 26.2. The number of fused-ring (bicyclic) bond motifs is 8. The fourth-order valence-corrected chi connectivity index (χ4v) is 8.09. The lowest BCUT2D eigenvalue weighted by molar-refractivity contribution is 0.668. The van der Waals surface area contributed by atoms with Crippen molar-refractivity contribution in [3.63, 3.8) is 0 Å². The quantitative estimate of drug-likeness (QED) is 0.183. The van der Waals surface area contributed by atoms with Gasteiger partial charge in [0.1, 0.15) is 11.2 Å². The van der Waals surface area contributed by atoms with Crippen LogP contribution >= 0.6 is 0 Å². The Morgan fingerprint density at radius 1 is 0.472 bits per heavy atom. The number of benzene rings is 8. The minimum absolute atomic E-state index is 0.602. The zero-order valence-electron chi connectivity index (χ0n) is 28.7. The Balaban J connectivity index is 1.23. The maximum Gasteiger partial charge on any atom is 0.160 e. The molecule has 3 heterocycles. The summed E-state index contributed by atoms with van der Waals surface area (Å²) in [6.45, 7) is 0. The van der Waals surface area contributed by atoms with Crippen molar-refractivity contribution in [2.75, 3.05) is 0 Å². The number of hydrogen-bond acceptors (Lipinski definition) is 3. The minimum atomic E-state index is 0.602. The van der Waals surface area contributed by atoms with Crippen molar-refractivity contribution in [1.29, 1.82) is 0 Å². The summed E-state index contributed by atoms with van der Waals surface area (Å²) >= 11 is 0. The van der Waals surface area contributed by atoms with Crippen LogP contribution in [0.25, 0.3) is 76.7 Å². The second-order valence-corrected chi connectivity index (χ2v) is 13.8. The first-order valence-corrected chi connectivity index (χ1v) is 18.0. The van der Waals surface area contributed by atoms with Gasteiger partial charge >= 0.3 is 0 Å². The Morgan fingerprint density at radius 3 is 1.70 bits per heavy atom. The van der Waals surface area contributed by atoms with Crippen LogP contribution in [0.3, 0.4) is 0 Å². The van der Waals surface area contributed by atoms with Crippen LogP contribution in [-0.2, 0) is 0 Å². The van der Waals surface area contributed by atoms with Crippen molar-refractivity contribution in [3.05, 3.63) is 193 Å². The monoisotopic (exact) mass is 677 g/mol. The molecule has 0 radical (unpaired) electrons. The van der Waals surface area contributed by atoms with Gasteiger partial charge in [0.05, 0.1) is 28.1 Å². The molecule has 0 fully saturated rings. The van der Waals surface area contributed by atoms with Crippen LogP contribution in [0.15, 0.2) is 190 Å². The molecule has 53 heavy (non-hydrogen) atoms. The lowest BCUT2D eigenvalue weighted by Gasteiger charge is -2.13. The molecule has 8 aromatic carbocycles. The van der Waals surface area contributed by atoms with Gasteiger partial charge < -0.3 is 8.98 Å². The summed E-state index contributed by atoms with van der Waals surface area (Å²) in [5.41, 5.74) is 9.92. The Kier molecular flexibility index (Phi) is 6.58. The van der Waals surface area contributed by atoms with Crippen LogP contribution in [0, 0.1) is 0 Å². The van der Waals surface area contributed by atoms with E-state index in [0.29, 0.717) is 12.3 Å². The van der Waals surface area contributed by atoms with E-state index in [9.17, 15) is 0 Å². The van der Waals surface area contributed by atoms with E-state index in [1.54, 1.807) is 0 Å². The first kappa shape index (κ1) is 29.7. The fraction of sp³-hybridized carbons (Fsp3) is 0.0204. The molecule has 10 aromatic rings. The number of amidine groups is 1. The number of allylic oxidation sites excluding steroid dienone is 1. The third kappa shape index (κ3) is 4.84. The molecular weight excluding hydrogens is 647 g/mol. The third-order valence-corrected chi connectivity index (χ3v) is 10.6. The first-order valence-electron chi connectivity index (χ1n) is 18.0. The van der Waals surface area contributed by atoms with Crippen molar-refractivity contribution >= 4 is 82.5 Å². The van der Waals surface area contributed by atoms with Crippen LogP contribution in [0.4, 0.5) is 0 Å². The average molecular weight is 678 g/mol. The SMILES string of the molecule is C1=C(c2ccccc2)N=C(c2ccccc2)N=C(c2cc(-n3c4cc5ccccc5cc4c4cc5ccccc5cc43)cc3oc4ccccc4c23)C1. The third-order valence-electron chi connectivity index (χ3n) is 10.6. The standard InChI is InChI=1S/C49H31N3O/c1-3-13-31(14-4-1)42-23-24-43(51-49(50-42)32-15-5-2-6-16-32)41-29-37(30-47-48(41)38-21-11-12-22-46(38)53-47)52-44-27-35-19-9-7-17-33(35)25-39(44)40-26-34-18-8-10-20-36(34)28-45(40)52/h1-23,25-30H,24H2. The predicted octanol–water partition coefficient (Wildman–Crippen LogP) is 12.7. The topological polar surface area (TPSA) is 42.8 Å². The minimum Gasteiger partial charge on any atom is -0.456 e. The second kappa shape index (κ2) is 11.8. The highest BCUT2D eigenvalue weighted by atomic mass is 16.3. The molecule has 1 aliphatic heterocycles. The van der Waals surface area contributed by atoms with E-state index in [0.717, 1.165) is 66.8 Å². The molecule has 0 aliphatic carbocycles. The van der Waals surface area contributed by atoms with Crippen molar-refractivity contribution in [2.45, 2.75) is 6.42 Å². The van der Waals surface area contributed by atoms with Gasteiger partial charge in [0, 0.05) is 45.2 Å². The molecule has 0 atom stereocenters. The molecule has 0 saturated heterocycles. The molecule has 248 valence electrons. The number of aliphatic imine (C=N–C) groups is 2. The number of aromatic nitrogens is 1. The van der Waals surface area contributed by atoms with Gasteiger partial charge in [-0.25, -0.2) is 9.98 Å². The number of para-hydroxylation sites is 1. The summed E-state index contributed by atoms with van der Waals surface area (Å²) in [6, 6.07) is 60.1. The van der Waals surface area contributed by atoms with Gasteiger partial charge in [-0.3, -0.25) is 0 Å². The normalized spacial score (nSPS) is 13.5. The number of hydrogen-bond donors (Lipinski definition) is 0. The van der Waals surface area contributed by atoms with Crippen LogP contribution in [0.1, 0.15) is 23.1 Å². The highest BCUT2D eigenvalue weighted by Crippen LogP contribution is 2.40. The van der Waals surface area contributed by atoms with Gasteiger partial charge in [0.15, 0.2) is 5.84 Å². The highest BCUT2D eigenvalue weighted by Gasteiger charge is 2.22. The maximum absolute atomic E-state index is 6.71. The van der Waals surface area contributed by atoms with Crippen molar-refractivity contribution in [1.82, 2.24) is 4.57 Å². The van der Waals surface area contributed by atoms with Crippen molar-refractivity contribution in [3.8, 4) is 5.69 Å². The van der Waals surface area contributed by atoms with E-state index in [1.807, 2.05) is 30.3 Å². The zero-order valence-corrected chi connectivity index (χ0v) is 28.7. The van der Waals surface area contributed by atoms with E-state index in [4.69, 9.17) is 14.4 Å². The van der Waals surface area contributed by atoms with Crippen molar-refractivity contribution in [2.24, 2.45) is 9.98 Å². The Labute approximate surface area is 305 Å². The molecule has 0 saturated carbocycles. The average Bonchev–Trinajstić information content (AvgIpc) is 3.64. The molecule has 1 aliphatic rings. The lowest BCUT2D eigenvalue weighted by atomic mass is 9.98. The summed E-state index contributed by atoms with van der Waals surface area (Å²) in [5, 5.41) is 9.42. The van der Waals surface area contributed by atoms with Crippen molar-refractivity contribution < 1.29 is 4.42 Å². The Hall–Kier alpha value is -7.04. The molecule has 0 amide bonds. The van der Waals surface area contributed by atoms with Crippen LogP contribution < -0.4 is 0 Å². The summed E-state index contributed by atoms with van der Waals surface area (Å²) in [7, 11) is 0. The molecular formula is C49H31N3O.